The van der Waals surface area contributed by atoms with Gasteiger partial charge >= 0.3 is 17.9 Å². The number of fused-ring (bicyclic) bond motifs is 1. The summed E-state index contributed by atoms with van der Waals surface area (Å²) in [6.45, 7) is 4.71. The van der Waals surface area contributed by atoms with E-state index in [1.54, 1.807) is 20.8 Å². The lowest BCUT2D eigenvalue weighted by Gasteiger charge is -2.08. The van der Waals surface area contributed by atoms with Gasteiger partial charge in [0.2, 0.25) is 0 Å². The van der Waals surface area contributed by atoms with Gasteiger partial charge in [0.25, 0.3) is 5.91 Å². The molecule has 0 fully saturated rings. The van der Waals surface area contributed by atoms with E-state index in [2.05, 4.69) is 5.32 Å². The number of carbonyl (C=O) groups is 4. The summed E-state index contributed by atoms with van der Waals surface area (Å²) < 4.78 is 15.2. The fourth-order valence-corrected chi connectivity index (χ4v) is 5.65. The topological polar surface area (TPSA) is 108 Å². The minimum Gasteiger partial charge on any atom is -0.462 e. The largest absolute Gasteiger partial charge is 0.462 e. The molecular formula is C22H25NO7S2. The Morgan fingerprint density at radius 1 is 0.938 bits per heavy atom. The van der Waals surface area contributed by atoms with E-state index >= 15 is 0 Å². The molecule has 1 amide bonds. The van der Waals surface area contributed by atoms with Crippen LogP contribution in [0.3, 0.4) is 0 Å². The highest BCUT2D eigenvalue weighted by Gasteiger charge is 2.27. The molecule has 0 radical (unpaired) electrons. The van der Waals surface area contributed by atoms with Crippen LogP contribution in [0.15, 0.2) is 6.07 Å². The summed E-state index contributed by atoms with van der Waals surface area (Å²) in [6, 6.07) is 1.84. The molecule has 0 aliphatic heterocycles. The molecular weight excluding hydrogens is 454 g/mol. The quantitative estimate of drug-likeness (QED) is 0.448. The molecule has 0 unspecified atom stereocenters. The molecule has 0 atom stereocenters. The van der Waals surface area contributed by atoms with Gasteiger partial charge in [0, 0.05) is 4.88 Å². The van der Waals surface area contributed by atoms with Crippen molar-refractivity contribution in [1.29, 1.82) is 0 Å². The molecule has 0 spiro atoms. The molecule has 0 saturated heterocycles. The first-order chi connectivity index (χ1) is 15.3. The van der Waals surface area contributed by atoms with Crippen molar-refractivity contribution < 1.29 is 33.4 Å². The predicted octanol–water partition coefficient (Wildman–Crippen LogP) is 4.15. The van der Waals surface area contributed by atoms with Gasteiger partial charge in [-0.15, -0.1) is 22.7 Å². The van der Waals surface area contributed by atoms with Crippen LogP contribution in [0.4, 0.5) is 5.00 Å². The van der Waals surface area contributed by atoms with Gasteiger partial charge in [-0.2, -0.15) is 0 Å². The number of esters is 3. The summed E-state index contributed by atoms with van der Waals surface area (Å²) in [7, 11) is 0. The van der Waals surface area contributed by atoms with Gasteiger partial charge in [-0.05, 0) is 63.6 Å². The van der Waals surface area contributed by atoms with Crippen molar-refractivity contribution >= 4 is 51.5 Å². The fourth-order valence-electron chi connectivity index (χ4n) is 3.40. The van der Waals surface area contributed by atoms with Crippen molar-refractivity contribution in [3.05, 3.63) is 37.4 Å². The lowest BCUT2D eigenvalue weighted by Crippen LogP contribution is -2.21. The number of hydrogen-bond acceptors (Lipinski definition) is 9. The van der Waals surface area contributed by atoms with Crippen LogP contribution in [0.2, 0.25) is 0 Å². The normalized spacial score (nSPS) is 12.6. The lowest BCUT2D eigenvalue weighted by atomic mass is 9.99. The maximum absolute atomic E-state index is 12.4. The van der Waals surface area contributed by atoms with Crippen LogP contribution >= 0.6 is 22.7 Å². The molecule has 2 aromatic rings. The molecule has 0 saturated carbocycles. The van der Waals surface area contributed by atoms with Crippen LogP contribution < -0.4 is 5.32 Å². The SMILES string of the molecule is CCOC(=O)c1sc(NC(=O)COC(=O)c2cc3c(s2)CCCC3)c(C(=O)OCC)c1C. The van der Waals surface area contributed by atoms with Crippen molar-refractivity contribution in [1.82, 2.24) is 0 Å². The summed E-state index contributed by atoms with van der Waals surface area (Å²) >= 11 is 2.33. The van der Waals surface area contributed by atoms with Crippen molar-refractivity contribution in [2.45, 2.75) is 46.5 Å². The summed E-state index contributed by atoms with van der Waals surface area (Å²) in [5.41, 5.74) is 1.63. The Morgan fingerprint density at radius 3 is 2.31 bits per heavy atom. The number of nitrogens with one attached hydrogen (secondary N) is 1. The fraction of sp³-hybridized carbons (Fsp3) is 0.455. The highest BCUT2D eigenvalue weighted by Crippen LogP contribution is 2.34. The third-order valence-electron chi connectivity index (χ3n) is 4.87. The maximum Gasteiger partial charge on any atom is 0.348 e. The molecule has 10 heteroatoms. The van der Waals surface area contributed by atoms with Crippen molar-refractivity contribution in [3.63, 3.8) is 0 Å². The number of anilines is 1. The minimum absolute atomic E-state index is 0.0884. The first-order valence-electron chi connectivity index (χ1n) is 10.4. The van der Waals surface area contributed by atoms with E-state index in [0.29, 0.717) is 10.4 Å². The average molecular weight is 480 g/mol. The van der Waals surface area contributed by atoms with E-state index in [0.717, 1.165) is 37.0 Å². The molecule has 2 aromatic heterocycles. The second-order valence-electron chi connectivity index (χ2n) is 7.09. The van der Waals surface area contributed by atoms with Crippen LogP contribution in [-0.2, 0) is 31.8 Å². The van der Waals surface area contributed by atoms with Crippen molar-refractivity contribution in [2.24, 2.45) is 0 Å². The zero-order valence-electron chi connectivity index (χ0n) is 18.2. The standard InChI is InChI=1S/C22H25NO7S2/c1-4-28-21(26)17-12(3)18(22(27)29-5-2)32-19(17)23-16(24)11-30-20(25)15-10-13-8-6-7-9-14(13)31-15/h10H,4-9,11H2,1-3H3,(H,23,24). The number of rotatable bonds is 8. The Labute approximate surface area is 193 Å². The third-order valence-corrected chi connectivity index (χ3v) is 7.28. The summed E-state index contributed by atoms with van der Waals surface area (Å²) in [4.78, 5) is 51.3. The Morgan fingerprint density at radius 2 is 1.62 bits per heavy atom. The Hall–Kier alpha value is -2.72. The van der Waals surface area contributed by atoms with Gasteiger partial charge in [-0.3, -0.25) is 4.79 Å². The number of amides is 1. The van der Waals surface area contributed by atoms with Gasteiger partial charge in [0.1, 0.15) is 14.8 Å². The van der Waals surface area contributed by atoms with Crippen molar-refractivity contribution in [3.8, 4) is 0 Å². The number of carbonyl (C=O) groups excluding carboxylic acids is 4. The van der Waals surface area contributed by atoms with Gasteiger partial charge in [-0.25, -0.2) is 14.4 Å². The van der Waals surface area contributed by atoms with Crippen LogP contribution in [0.25, 0.3) is 0 Å². The monoisotopic (exact) mass is 479 g/mol. The number of hydrogen-bond donors (Lipinski definition) is 1. The van der Waals surface area contributed by atoms with Crippen LogP contribution in [0, 0.1) is 6.92 Å². The van der Waals surface area contributed by atoms with E-state index < -0.39 is 30.4 Å². The number of ether oxygens (including phenoxy) is 3. The van der Waals surface area contributed by atoms with Crippen LogP contribution in [-0.4, -0.2) is 43.6 Å². The Kier molecular flexibility index (Phi) is 8.03. The first kappa shape index (κ1) is 23.9. The molecule has 0 bridgehead atoms. The smallest absolute Gasteiger partial charge is 0.348 e. The summed E-state index contributed by atoms with van der Waals surface area (Å²) in [5, 5.41) is 2.71. The highest BCUT2D eigenvalue weighted by atomic mass is 32.1. The zero-order valence-corrected chi connectivity index (χ0v) is 19.8. The van der Waals surface area contributed by atoms with Gasteiger partial charge < -0.3 is 19.5 Å². The van der Waals surface area contributed by atoms with Crippen LogP contribution in [0.5, 0.6) is 0 Å². The molecule has 1 aliphatic carbocycles. The van der Waals surface area contributed by atoms with Gasteiger partial charge in [0.15, 0.2) is 6.61 Å². The molecule has 0 aromatic carbocycles. The number of thiophene rings is 2. The summed E-state index contributed by atoms with van der Waals surface area (Å²) in [5.74, 6) is -2.43. The molecule has 2 heterocycles. The average Bonchev–Trinajstić information content (AvgIpc) is 3.33. The number of aryl methyl sites for hydroxylation is 2. The highest BCUT2D eigenvalue weighted by molar-refractivity contribution is 7.18. The zero-order chi connectivity index (χ0) is 23.3. The molecule has 172 valence electrons. The van der Waals surface area contributed by atoms with E-state index in [9.17, 15) is 19.2 Å². The lowest BCUT2D eigenvalue weighted by molar-refractivity contribution is -0.119. The maximum atomic E-state index is 12.4. The third kappa shape index (κ3) is 5.36. The minimum atomic E-state index is -0.659. The predicted molar refractivity (Wildman–Crippen MR) is 121 cm³/mol. The van der Waals surface area contributed by atoms with E-state index in [1.165, 1.54) is 21.8 Å². The van der Waals surface area contributed by atoms with Crippen molar-refractivity contribution in [2.75, 3.05) is 25.1 Å². The van der Waals surface area contributed by atoms with Gasteiger partial charge in [0.05, 0.1) is 18.8 Å². The second-order valence-corrected chi connectivity index (χ2v) is 9.25. The first-order valence-corrected chi connectivity index (χ1v) is 12.0. The Balaban J connectivity index is 1.69. The summed E-state index contributed by atoms with van der Waals surface area (Å²) in [6.07, 6.45) is 4.14. The molecule has 3 rings (SSSR count). The van der Waals surface area contributed by atoms with E-state index in [1.807, 2.05) is 6.07 Å². The Bertz CT molecular complexity index is 1010. The molecule has 32 heavy (non-hydrogen) atoms. The second kappa shape index (κ2) is 10.7. The van der Waals surface area contributed by atoms with Crippen LogP contribution in [0.1, 0.15) is 72.4 Å². The molecule has 1 N–H and O–H groups in total. The van der Waals surface area contributed by atoms with Gasteiger partial charge in [-0.1, -0.05) is 0 Å². The molecule has 8 nitrogen and oxygen atoms in total. The van der Waals surface area contributed by atoms with E-state index in [4.69, 9.17) is 14.2 Å². The van der Waals surface area contributed by atoms with E-state index in [-0.39, 0.29) is 28.7 Å². The molecule has 1 aliphatic rings.